The van der Waals surface area contributed by atoms with Gasteiger partial charge in [-0.05, 0) is 17.4 Å². The summed E-state index contributed by atoms with van der Waals surface area (Å²) in [6, 6.07) is 1.78. The zero-order valence-corrected chi connectivity index (χ0v) is 7.15. The van der Waals surface area contributed by atoms with Crippen molar-refractivity contribution in [3.8, 4) is 0 Å². The first-order valence-corrected chi connectivity index (χ1v) is 3.90. The van der Waals surface area contributed by atoms with Crippen LogP contribution in [0.1, 0.15) is 0 Å². The van der Waals surface area contributed by atoms with Gasteiger partial charge in [0.15, 0.2) is 0 Å². The van der Waals surface area contributed by atoms with Crippen molar-refractivity contribution in [2.24, 2.45) is 20.4 Å². The molecule has 3 rings (SSSR count). The van der Waals surface area contributed by atoms with Gasteiger partial charge in [-0.3, -0.25) is 0 Å². The lowest BCUT2D eigenvalue weighted by molar-refractivity contribution is 1.09. The highest BCUT2D eigenvalue weighted by Crippen LogP contribution is 2.12. The van der Waals surface area contributed by atoms with Crippen molar-refractivity contribution in [3.63, 3.8) is 0 Å². The number of fused-ring (bicyclic) bond motifs is 1. The van der Waals surface area contributed by atoms with Crippen LogP contribution in [0, 0.1) is 0 Å². The summed E-state index contributed by atoms with van der Waals surface area (Å²) in [4.78, 5) is 11.2. The molecule has 2 aliphatic heterocycles. The lowest BCUT2D eigenvalue weighted by Crippen LogP contribution is -1.83. The summed E-state index contributed by atoms with van der Waals surface area (Å²) in [5.74, 6) is 0.630. The van der Waals surface area contributed by atoms with Gasteiger partial charge >= 0.3 is 0 Å². The molecular weight excluding hydrogens is 180 g/mol. The van der Waals surface area contributed by atoms with E-state index in [9.17, 15) is 0 Å². The van der Waals surface area contributed by atoms with Crippen molar-refractivity contribution in [2.45, 2.75) is 0 Å². The molecule has 0 radical (unpaired) electrons. The number of aromatic nitrogens is 2. The molecule has 0 unspecified atom stereocenters. The second-order valence-corrected chi connectivity index (χ2v) is 2.35. The average molecular weight is 186 g/mol. The van der Waals surface area contributed by atoms with Gasteiger partial charge in [-0.2, -0.15) is 0 Å². The van der Waals surface area contributed by atoms with Crippen LogP contribution in [0.4, 0.5) is 0 Å². The third-order valence-corrected chi connectivity index (χ3v) is 1.43. The van der Waals surface area contributed by atoms with Crippen molar-refractivity contribution in [1.82, 2.24) is 9.97 Å². The van der Waals surface area contributed by atoms with Gasteiger partial charge in [0.1, 0.15) is 12.0 Å². The molecule has 0 bridgehead atoms. The topological polar surface area (TPSA) is 75.2 Å². The Labute approximate surface area is 79.8 Å². The van der Waals surface area contributed by atoms with E-state index in [0.717, 1.165) is 5.70 Å². The molecule has 2 aliphatic rings. The van der Waals surface area contributed by atoms with Crippen LogP contribution in [-0.4, -0.2) is 22.0 Å². The second kappa shape index (κ2) is 4.13. The van der Waals surface area contributed by atoms with E-state index in [4.69, 9.17) is 0 Å². The van der Waals surface area contributed by atoms with Gasteiger partial charge in [0.2, 0.25) is 5.84 Å². The van der Waals surface area contributed by atoms with Gasteiger partial charge in [0.05, 0.1) is 0 Å². The number of rotatable bonds is 0. The number of hydrogen-bond acceptors (Lipinski definition) is 6. The standard InChI is InChI=1S/C4H2N4.C4H4N2/c1-2-5-4-3(1)6-8-7-4;1-2-5-4-6-3-1/h1-2H;1-4H. The molecule has 0 spiro atoms. The van der Waals surface area contributed by atoms with E-state index in [1.807, 2.05) is 0 Å². The lowest BCUT2D eigenvalue weighted by Gasteiger charge is -1.76. The van der Waals surface area contributed by atoms with Crippen LogP contribution >= 0.6 is 0 Å². The third-order valence-electron chi connectivity index (χ3n) is 1.43. The molecule has 0 saturated carbocycles. The van der Waals surface area contributed by atoms with E-state index in [1.165, 1.54) is 6.33 Å². The number of hydrogen-bond donors (Lipinski definition) is 0. The molecule has 0 saturated heterocycles. The van der Waals surface area contributed by atoms with E-state index in [0.29, 0.717) is 5.84 Å². The predicted molar refractivity (Wildman–Crippen MR) is 50.9 cm³/mol. The van der Waals surface area contributed by atoms with Crippen molar-refractivity contribution < 1.29 is 0 Å². The van der Waals surface area contributed by atoms with Gasteiger partial charge in [-0.15, -0.1) is 10.2 Å². The maximum absolute atomic E-state index is 3.84. The van der Waals surface area contributed by atoms with E-state index in [-0.39, 0.29) is 0 Å². The number of amidine groups is 1. The van der Waals surface area contributed by atoms with Crippen molar-refractivity contribution in [1.29, 1.82) is 0 Å². The molecule has 0 amide bonds. The summed E-state index contributed by atoms with van der Waals surface area (Å²) in [6.07, 6.45) is 8.31. The highest BCUT2D eigenvalue weighted by Gasteiger charge is 2.12. The molecule has 0 fully saturated rings. The smallest absolute Gasteiger partial charge is 0.204 e. The zero-order valence-electron chi connectivity index (χ0n) is 7.15. The molecule has 0 aliphatic carbocycles. The molecule has 14 heavy (non-hydrogen) atoms. The van der Waals surface area contributed by atoms with E-state index < -0.39 is 0 Å². The first kappa shape index (κ1) is 8.36. The monoisotopic (exact) mass is 186 g/mol. The largest absolute Gasteiger partial charge is 0.245 e. The molecule has 6 nitrogen and oxygen atoms in total. The summed E-state index contributed by atoms with van der Waals surface area (Å²) < 4.78 is 0. The number of allylic oxidation sites excluding steroid dienone is 1. The lowest BCUT2D eigenvalue weighted by atomic mass is 10.4. The maximum atomic E-state index is 3.84. The Morgan fingerprint density at radius 2 is 1.93 bits per heavy atom. The minimum absolute atomic E-state index is 0.630. The molecule has 0 N–H and O–H groups in total. The summed E-state index contributed by atoms with van der Waals surface area (Å²) in [5.41, 5.74) is 0.769. The van der Waals surface area contributed by atoms with Gasteiger partial charge < -0.3 is 0 Å². The SMILES string of the molecule is C1=NC2=NN=NC2=C1.c1cncnc1. The molecule has 1 aromatic heterocycles. The van der Waals surface area contributed by atoms with E-state index >= 15 is 0 Å². The van der Waals surface area contributed by atoms with E-state index in [1.54, 1.807) is 30.8 Å². The molecular formula is C8H6N6. The molecule has 3 heterocycles. The predicted octanol–water partition coefficient (Wildman–Crippen LogP) is 1.21. The van der Waals surface area contributed by atoms with Gasteiger partial charge in [0, 0.05) is 18.6 Å². The Balaban J connectivity index is 0.000000112. The quantitative estimate of drug-likeness (QED) is 0.610. The average Bonchev–Trinajstić information content (AvgIpc) is 2.82. The van der Waals surface area contributed by atoms with Crippen LogP contribution in [0.2, 0.25) is 0 Å². The molecule has 0 aromatic carbocycles. The van der Waals surface area contributed by atoms with Crippen LogP contribution < -0.4 is 0 Å². The number of aliphatic imine (C=N–C) groups is 1. The summed E-state index contributed by atoms with van der Waals surface area (Å²) in [6.45, 7) is 0. The third kappa shape index (κ3) is 1.92. The molecule has 0 atom stereocenters. The van der Waals surface area contributed by atoms with E-state index in [2.05, 4.69) is 30.4 Å². The second-order valence-electron chi connectivity index (χ2n) is 2.35. The van der Waals surface area contributed by atoms with Crippen molar-refractivity contribution in [2.75, 3.05) is 0 Å². The molecule has 68 valence electrons. The molecule has 6 heteroatoms. The van der Waals surface area contributed by atoms with Crippen molar-refractivity contribution >= 4 is 12.1 Å². The van der Waals surface area contributed by atoms with Crippen molar-refractivity contribution in [3.05, 3.63) is 36.6 Å². The number of nitrogens with zero attached hydrogens (tertiary/aromatic N) is 6. The first-order valence-electron chi connectivity index (χ1n) is 3.90. The highest BCUT2D eigenvalue weighted by atomic mass is 15.4. The minimum atomic E-state index is 0.630. The maximum Gasteiger partial charge on any atom is 0.204 e. The van der Waals surface area contributed by atoms with Gasteiger partial charge in [0.25, 0.3) is 0 Å². The zero-order chi connectivity index (χ0) is 9.64. The Morgan fingerprint density at radius 1 is 1.07 bits per heavy atom. The van der Waals surface area contributed by atoms with Crippen LogP contribution in [0.15, 0.2) is 57.0 Å². The summed E-state index contributed by atoms with van der Waals surface area (Å²) in [5, 5.41) is 10.7. The first-order chi connectivity index (χ1) is 6.97. The van der Waals surface area contributed by atoms with Gasteiger partial charge in [-0.1, -0.05) is 0 Å². The molecule has 1 aromatic rings. The van der Waals surface area contributed by atoms with Crippen LogP contribution in [0.5, 0.6) is 0 Å². The van der Waals surface area contributed by atoms with Crippen LogP contribution in [-0.2, 0) is 0 Å². The van der Waals surface area contributed by atoms with Crippen LogP contribution in [0.25, 0.3) is 0 Å². The Bertz CT molecular complexity index is 364. The summed E-state index contributed by atoms with van der Waals surface area (Å²) in [7, 11) is 0. The fraction of sp³-hybridized carbons (Fsp3) is 0. The minimum Gasteiger partial charge on any atom is -0.245 e. The van der Waals surface area contributed by atoms with Crippen LogP contribution in [0.3, 0.4) is 0 Å². The fourth-order valence-corrected chi connectivity index (χ4v) is 0.840. The highest BCUT2D eigenvalue weighted by molar-refractivity contribution is 6.11. The van der Waals surface area contributed by atoms with Gasteiger partial charge in [-0.25, -0.2) is 15.0 Å². The Kier molecular flexibility index (Phi) is 2.46. The normalized spacial score (nSPS) is 15.4. The Morgan fingerprint density at radius 3 is 2.50 bits per heavy atom. The fourth-order valence-electron chi connectivity index (χ4n) is 0.840. The Hall–Kier alpha value is -2.24. The summed E-state index contributed by atoms with van der Waals surface area (Å²) >= 11 is 0.